The van der Waals surface area contributed by atoms with E-state index in [4.69, 9.17) is 19.8 Å². The number of aliphatic carboxylic acids is 2. The fraction of sp³-hybridized carbons (Fsp3) is 0.438. The van der Waals surface area contributed by atoms with Gasteiger partial charge in [-0.05, 0) is 31.4 Å². The van der Waals surface area contributed by atoms with Crippen LogP contribution < -0.4 is 20.4 Å². The van der Waals surface area contributed by atoms with E-state index in [1.807, 2.05) is 37.4 Å². The standard InChI is InChI=1S/C14H21N3O.C2H2O4/c1-16(13-8-4-2-5-9-13)15-14(18)12-17-10-6-3-7-11-17;3-1(4)2(5)6/h2,4-5,8-9H,3,6-7,10-12H2,1H3,(H,15,18);(H,3,4)(H,5,6). The molecule has 0 bridgehead atoms. The number of nitrogens with one attached hydrogen (secondary N) is 2. The molecule has 1 heterocycles. The first-order valence-corrected chi connectivity index (χ1v) is 7.76. The van der Waals surface area contributed by atoms with E-state index < -0.39 is 11.9 Å². The van der Waals surface area contributed by atoms with Gasteiger partial charge >= 0.3 is 5.97 Å². The van der Waals surface area contributed by atoms with Crippen molar-refractivity contribution in [1.29, 1.82) is 0 Å². The van der Waals surface area contributed by atoms with Gasteiger partial charge in [0, 0.05) is 7.05 Å². The summed E-state index contributed by atoms with van der Waals surface area (Å²) in [4.78, 5) is 31.3. The minimum atomic E-state index is -2.07. The second-order valence-electron chi connectivity index (χ2n) is 5.51. The minimum absolute atomic E-state index is 0.0956. The van der Waals surface area contributed by atoms with Gasteiger partial charge in [0.05, 0.1) is 18.8 Å². The predicted molar refractivity (Wildman–Crippen MR) is 85.0 cm³/mol. The average molecular weight is 337 g/mol. The smallest absolute Gasteiger partial charge is 0.351 e. The first-order chi connectivity index (χ1) is 11.4. The van der Waals surface area contributed by atoms with Crippen LogP contribution in [0.2, 0.25) is 0 Å². The molecule has 1 amide bonds. The first-order valence-electron chi connectivity index (χ1n) is 7.76. The number of carboxylic acid groups (broad SMARTS) is 2. The lowest BCUT2D eigenvalue weighted by Crippen LogP contribution is -3.14. The maximum atomic E-state index is 11.9. The number of carbonyl (C=O) groups excluding carboxylic acids is 2. The number of quaternary nitrogens is 1. The van der Waals surface area contributed by atoms with Gasteiger partial charge in [-0.1, -0.05) is 18.2 Å². The Hall–Kier alpha value is -2.61. The summed E-state index contributed by atoms with van der Waals surface area (Å²) in [6.07, 6.45) is 3.81. The summed E-state index contributed by atoms with van der Waals surface area (Å²) in [7, 11) is 1.87. The van der Waals surface area contributed by atoms with Crippen molar-refractivity contribution >= 4 is 23.5 Å². The zero-order valence-electron chi connectivity index (χ0n) is 13.7. The van der Waals surface area contributed by atoms with Crippen LogP contribution in [0.25, 0.3) is 0 Å². The van der Waals surface area contributed by atoms with Crippen molar-refractivity contribution in [3.05, 3.63) is 30.3 Å². The molecule has 0 unspecified atom stereocenters. The third-order valence-electron chi connectivity index (χ3n) is 3.58. The van der Waals surface area contributed by atoms with Crippen molar-refractivity contribution in [1.82, 2.24) is 5.43 Å². The number of para-hydroxylation sites is 1. The highest BCUT2D eigenvalue weighted by atomic mass is 16.4. The van der Waals surface area contributed by atoms with Crippen LogP contribution in [0.4, 0.5) is 5.69 Å². The molecule has 1 aliphatic heterocycles. The molecular weight excluding hydrogens is 314 g/mol. The third kappa shape index (κ3) is 7.59. The Morgan fingerprint density at radius 3 is 2.21 bits per heavy atom. The van der Waals surface area contributed by atoms with Gasteiger partial charge in [-0.2, -0.15) is 0 Å². The maximum Gasteiger partial charge on any atom is 0.351 e. The quantitative estimate of drug-likeness (QED) is 0.434. The molecule has 1 fully saturated rings. The van der Waals surface area contributed by atoms with Gasteiger partial charge in [0.25, 0.3) is 5.91 Å². The molecule has 8 nitrogen and oxygen atoms in total. The summed E-state index contributed by atoms with van der Waals surface area (Å²) in [5.41, 5.74) is 3.92. The zero-order valence-corrected chi connectivity index (χ0v) is 13.7. The van der Waals surface area contributed by atoms with Crippen LogP contribution in [0.3, 0.4) is 0 Å². The van der Waals surface area contributed by atoms with E-state index in [1.165, 1.54) is 24.2 Å². The number of carboxylic acids is 2. The van der Waals surface area contributed by atoms with Crippen LogP contribution in [0, 0.1) is 0 Å². The summed E-state index contributed by atoms with van der Waals surface area (Å²) in [5, 5.41) is 18.1. The molecule has 0 aliphatic carbocycles. The molecule has 0 radical (unpaired) electrons. The first kappa shape index (κ1) is 19.4. The molecule has 0 spiro atoms. The summed E-state index contributed by atoms with van der Waals surface area (Å²) in [6, 6.07) is 9.86. The van der Waals surface area contributed by atoms with Crippen molar-refractivity contribution in [3.63, 3.8) is 0 Å². The number of hydrogen-bond acceptors (Lipinski definition) is 5. The number of benzene rings is 1. The normalized spacial score (nSPS) is 14.0. The molecule has 0 atom stereocenters. The van der Waals surface area contributed by atoms with Gasteiger partial charge in [0.15, 0.2) is 12.5 Å². The number of carbonyl (C=O) groups is 3. The highest BCUT2D eigenvalue weighted by molar-refractivity contribution is 6.26. The lowest BCUT2D eigenvalue weighted by Gasteiger charge is -2.25. The van der Waals surface area contributed by atoms with Crippen LogP contribution in [-0.4, -0.2) is 49.6 Å². The molecule has 1 aromatic rings. The Labute approximate surface area is 140 Å². The summed E-state index contributed by atoms with van der Waals surface area (Å²) >= 11 is 0. The molecule has 1 aromatic carbocycles. The Morgan fingerprint density at radius 2 is 1.71 bits per heavy atom. The summed E-state index contributed by atoms with van der Waals surface area (Å²) < 4.78 is 0. The van der Waals surface area contributed by atoms with Crippen LogP contribution in [0.1, 0.15) is 19.3 Å². The average Bonchev–Trinajstić information content (AvgIpc) is 2.57. The molecule has 1 aliphatic rings. The Kier molecular flexibility index (Phi) is 8.28. The van der Waals surface area contributed by atoms with Crippen LogP contribution in [0.5, 0.6) is 0 Å². The van der Waals surface area contributed by atoms with Gasteiger partial charge < -0.3 is 19.9 Å². The summed E-state index contributed by atoms with van der Waals surface area (Å²) in [6.45, 7) is 2.84. The van der Waals surface area contributed by atoms with Crippen molar-refractivity contribution in [2.75, 3.05) is 31.7 Å². The molecule has 132 valence electrons. The molecule has 0 saturated carbocycles. The maximum absolute atomic E-state index is 11.9. The molecule has 3 N–H and O–H groups in total. The topological polar surface area (TPSA) is 114 Å². The van der Waals surface area contributed by atoms with E-state index in [2.05, 4.69) is 5.43 Å². The Morgan fingerprint density at radius 1 is 1.17 bits per heavy atom. The Balaban J connectivity index is 0.000000413. The van der Waals surface area contributed by atoms with Gasteiger partial charge in [-0.25, -0.2) is 4.79 Å². The lowest BCUT2D eigenvalue weighted by molar-refractivity contribution is -0.896. The number of piperidine rings is 1. The number of amides is 1. The van der Waals surface area contributed by atoms with E-state index in [1.54, 1.807) is 5.01 Å². The summed E-state index contributed by atoms with van der Waals surface area (Å²) in [5.74, 6) is -3.91. The molecule has 0 aromatic heterocycles. The lowest BCUT2D eigenvalue weighted by atomic mass is 10.1. The second-order valence-corrected chi connectivity index (χ2v) is 5.51. The van der Waals surface area contributed by atoms with E-state index in [-0.39, 0.29) is 5.91 Å². The molecular formula is C16H23N3O5. The zero-order chi connectivity index (χ0) is 17.9. The molecule has 8 heteroatoms. The SMILES string of the molecule is CN(NC(=O)C[NH+]1CCCCC1)c1ccccc1.O=C([O-])C(=O)O. The number of rotatable bonds is 4. The number of hydrazine groups is 1. The van der Waals surface area contributed by atoms with Crippen LogP contribution in [-0.2, 0) is 14.4 Å². The van der Waals surface area contributed by atoms with Gasteiger partial charge in [-0.15, -0.1) is 0 Å². The predicted octanol–water partition coefficient (Wildman–Crippen LogP) is -1.96. The van der Waals surface area contributed by atoms with Crippen molar-refractivity contribution < 1.29 is 29.5 Å². The molecule has 2 rings (SSSR count). The van der Waals surface area contributed by atoms with Crippen LogP contribution >= 0.6 is 0 Å². The fourth-order valence-corrected chi connectivity index (χ4v) is 2.40. The van der Waals surface area contributed by atoms with Gasteiger partial charge in [-0.3, -0.25) is 15.2 Å². The van der Waals surface area contributed by atoms with E-state index in [9.17, 15) is 4.79 Å². The highest BCUT2D eigenvalue weighted by Crippen LogP contribution is 2.07. The molecule has 24 heavy (non-hydrogen) atoms. The van der Waals surface area contributed by atoms with Crippen LogP contribution in [0.15, 0.2) is 30.3 Å². The monoisotopic (exact) mass is 337 g/mol. The van der Waals surface area contributed by atoms with E-state index >= 15 is 0 Å². The van der Waals surface area contributed by atoms with Crippen molar-refractivity contribution in [2.24, 2.45) is 0 Å². The van der Waals surface area contributed by atoms with E-state index in [0.717, 1.165) is 18.8 Å². The van der Waals surface area contributed by atoms with Crippen molar-refractivity contribution in [2.45, 2.75) is 19.3 Å². The van der Waals surface area contributed by atoms with Gasteiger partial charge in [0.2, 0.25) is 0 Å². The van der Waals surface area contributed by atoms with E-state index in [0.29, 0.717) is 6.54 Å². The number of anilines is 1. The largest absolute Gasteiger partial charge is 0.539 e. The highest BCUT2D eigenvalue weighted by Gasteiger charge is 2.17. The second kappa shape index (κ2) is 10.2. The third-order valence-corrected chi connectivity index (χ3v) is 3.58. The molecule has 1 saturated heterocycles. The number of likely N-dealkylation sites (tertiary alicyclic amines) is 1. The minimum Gasteiger partial charge on any atom is -0.539 e. The van der Waals surface area contributed by atoms with Gasteiger partial charge in [0.1, 0.15) is 0 Å². The number of hydrogen-bond donors (Lipinski definition) is 3. The number of nitrogens with zero attached hydrogens (tertiary/aromatic N) is 1. The Bertz CT molecular complexity index is 532. The fourth-order valence-electron chi connectivity index (χ4n) is 2.40. The van der Waals surface area contributed by atoms with Crippen molar-refractivity contribution in [3.8, 4) is 0 Å².